The van der Waals surface area contributed by atoms with Crippen LogP contribution in [-0.2, 0) is 9.84 Å². The van der Waals surface area contributed by atoms with Crippen molar-refractivity contribution < 1.29 is 8.42 Å². The van der Waals surface area contributed by atoms with E-state index < -0.39 is 9.84 Å². The van der Waals surface area contributed by atoms with E-state index in [-0.39, 0.29) is 5.75 Å². The van der Waals surface area contributed by atoms with Gasteiger partial charge in [-0.1, -0.05) is 19.4 Å². The fraction of sp³-hybridized carbons (Fsp3) is 0.647. The summed E-state index contributed by atoms with van der Waals surface area (Å²) in [5, 5.41) is 3.43. The van der Waals surface area contributed by atoms with Crippen molar-refractivity contribution in [1.29, 1.82) is 0 Å². The van der Waals surface area contributed by atoms with Gasteiger partial charge in [-0.25, -0.2) is 8.42 Å². The number of sulfone groups is 1. The van der Waals surface area contributed by atoms with Crippen LogP contribution in [0.25, 0.3) is 0 Å². The van der Waals surface area contributed by atoms with E-state index in [0.29, 0.717) is 10.9 Å². The van der Waals surface area contributed by atoms with Crippen LogP contribution in [0.3, 0.4) is 0 Å². The van der Waals surface area contributed by atoms with E-state index in [1.165, 1.54) is 0 Å². The summed E-state index contributed by atoms with van der Waals surface area (Å²) >= 11 is 0. The average molecular weight is 311 g/mol. The van der Waals surface area contributed by atoms with E-state index in [9.17, 15) is 8.42 Å². The minimum Gasteiger partial charge on any atom is -0.314 e. The van der Waals surface area contributed by atoms with Crippen LogP contribution >= 0.6 is 0 Å². The number of nitrogens with one attached hydrogen (secondary N) is 1. The normalized spacial score (nSPS) is 13.3. The van der Waals surface area contributed by atoms with Crippen LogP contribution < -0.4 is 5.32 Å². The Bertz CT molecular complexity index is 538. The first-order chi connectivity index (χ1) is 9.86. The van der Waals surface area contributed by atoms with Gasteiger partial charge in [0.2, 0.25) is 0 Å². The Morgan fingerprint density at radius 2 is 1.86 bits per heavy atom. The summed E-state index contributed by atoms with van der Waals surface area (Å²) in [6, 6.07) is 5.87. The van der Waals surface area contributed by atoms with Crippen molar-refractivity contribution >= 4 is 9.84 Å². The molecule has 120 valence electrons. The Labute approximate surface area is 130 Å². The Kier molecular flexibility index (Phi) is 7.40. The zero-order chi connectivity index (χ0) is 15.9. The van der Waals surface area contributed by atoms with E-state index in [0.717, 1.165) is 43.4 Å². The maximum atomic E-state index is 12.3. The van der Waals surface area contributed by atoms with Gasteiger partial charge < -0.3 is 5.32 Å². The van der Waals surface area contributed by atoms with E-state index in [1.807, 2.05) is 19.9 Å². The molecule has 0 aromatic heterocycles. The fourth-order valence-corrected chi connectivity index (χ4v) is 3.71. The number of aryl methyl sites for hydroxylation is 2. The van der Waals surface area contributed by atoms with Crippen LogP contribution in [0.2, 0.25) is 0 Å². The van der Waals surface area contributed by atoms with Gasteiger partial charge in [0.25, 0.3) is 0 Å². The molecule has 1 atom stereocenters. The fourth-order valence-electron chi connectivity index (χ4n) is 2.26. The smallest absolute Gasteiger partial charge is 0.178 e. The van der Waals surface area contributed by atoms with Crippen molar-refractivity contribution in [3.05, 3.63) is 29.3 Å². The van der Waals surface area contributed by atoms with Crippen LogP contribution in [0.5, 0.6) is 0 Å². The molecule has 4 heteroatoms. The lowest BCUT2D eigenvalue weighted by atomic mass is 10.1. The van der Waals surface area contributed by atoms with Crippen molar-refractivity contribution in [2.24, 2.45) is 0 Å². The lowest BCUT2D eigenvalue weighted by Gasteiger charge is -2.13. The molecule has 1 unspecified atom stereocenters. The molecule has 1 rings (SSSR count). The second-order valence-corrected chi connectivity index (χ2v) is 8.03. The molecule has 1 aromatic carbocycles. The van der Waals surface area contributed by atoms with Crippen molar-refractivity contribution in [2.75, 3.05) is 12.3 Å². The summed E-state index contributed by atoms with van der Waals surface area (Å²) in [6.45, 7) is 9.29. The maximum absolute atomic E-state index is 12.3. The molecule has 0 radical (unpaired) electrons. The highest BCUT2D eigenvalue weighted by atomic mass is 32.2. The topological polar surface area (TPSA) is 46.2 Å². The number of unbranched alkanes of at least 4 members (excludes halogenated alkanes) is 1. The molecule has 0 aliphatic carbocycles. The van der Waals surface area contributed by atoms with Gasteiger partial charge >= 0.3 is 0 Å². The van der Waals surface area contributed by atoms with Crippen molar-refractivity contribution in [1.82, 2.24) is 5.32 Å². The van der Waals surface area contributed by atoms with Crippen LogP contribution in [0, 0.1) is 13.8 Å². The van der Waals surface area contributed by atoms with Gasteiger partial charge in [0.05, 0.1) is 10.6 Å². The third-order valence-corrected chi connectivity index (χ3v) is 5.68. The van der Waals surface area contributed by atoms with Crippen LogP contribution in [0.15, 0.2) is 23.1 Å². The molecule has 0 bridgehead atoms. The third kappa shape index (κ3) is 6.18. The SMILES string of the molecule is CCCNC(C)CCCCS(=O)(=O)c1ccc(C)c(C)c1. The molecule has 0 fully saturated rings. The number of hydrogen-bond donors (Lipinski definition) is 1. The zero-order valence-electron chi connectivity index (χ0n) is 13.8. The Morgan fingerprint density at radius 3 is 2.48 bits per heavy atom. The highest BCUT2D eigenvalue weighted by molar-refractivity contribution is 7.91. The highest BCUT2D eigenvalue weighted by Crippen LogP contribution is 2.17. The predicted molar refractivity (Wildman–Crippen MR) is 89.6 cm³/mol. The zero-order valence-corrected chi connectivity index (χ0v) is 14.6. The van der Waals surface area contributed by atoms with Gasteiger partial charge in [0.1, 0.15) is 0 Å². The number of benzene rings is 1. The largest absolute Gasteiger partial charge is 0.314 e. The molecular formula is C17H29NO2S. The maximum Gasteiger partial charge on any atom is 0.178 e. The van der Waals surface area contributed by atoms with E-state index in [2.05, 4.69) is 19.2 Å². The van der Waals surface area contributed by atoms with Gasteiger partial charge in [-0.2, -0.15) is 0 Å². The highest BCUT2D eigenvalue weighted by Gasteiger charge is 2.14. The van der Waals surface area contributed by atoms with Crippen molar-refractivity contribution in [3.8, 4) is 0 Å². The average Bonchev–Trinajstić information content (AvgIpc) is 2.44. The summed E-state index contributed by atoms with van der Waals surface area (Å²) < 4.78 is 24.6. The van der Waals surface area contributed by atoms with Crippen molar-refractivity contribution in [3.63, 3.8) is 0 Å². The number of hydrogen-bond acceptors (Lipinski definition) is 3. The lowest BCUT2D eigenvalue weighted by Crippen LogP contribution is -2.26. The molecular weight excluding hydrogens is 282 g/mol. The molecule has 0 saturated heterocycles. The molecule has 21 heavy (non-hydrogen) atoms. The Hall–Kier alpha value is -0.870. The Morgan fingerprint density at radius 1 is 1.14 bits per heavy atom. The van der Waals surface area contributed by atoms with E-state index in [4.69, 9.17) is 0 Å². The summed E-state index contributed by atoms with van der Waals surface area (Å²) in [6.07, 6.45) is 3.84. The molecule has 1 N–H and O–H groups in total. The summed E-state index contributed by atoms with van der Waals surface area (Å²) in [4.78, 5) is 0.461. The minimum atomic E-state index is -3.13. The van der Waals surface area contributed by atoms with Crippen LogP contribution in [-0.4, -0.2) is 26.8 Å². The van der Waals surface area contributed by atoms with Crippen LogP contribution in [0.4, 0.5) is 0 Å². The van der Waals surface area contributed by atoms with E-state index >= 15 is 0 Å². The molecule has 0 heterocycles. The van der Waals surface area contributed by atoms with Gasteiger partial charge in [0, 0.05) is 6.04 Å². The monoisotopic (exact) mass is 311 g/mol. The molecule has 0 aliphatic heterocycles. The standard InChI is InChI=1S/C17H29NO2S/c1-5-11-18-16(4)8-6-7-12-21(19,20)17-10-9-14(2)15(3)13-17/h9-10,13,16,18H,5-8,11-12H2,1-4H3. The first kappa shape index (κ1) is 18.2. The van der Waals surface area contributed by atoms with Gasteiger partial charge in [-0.15, -0.1) is 0 Å². The quantitative estimate of drug-likeness (QED) is 0.708. The first-order valence-corrected chi connectivity index (χ1v) is 9.55. The van der Waals surface area contributed by atoms with Crippen molar-refractivity contribution in [2.45, 2.75) is 64.3 Å². The van der Waals surface area contributed by atoms with Gasteiger partial charge in [-0.3, -0.25) is 0 Å². The molecule has 1 aromatic rings. The number of rotatable bonds is 9. The first-order valence-electron chi connectivity index (χ1n) is 7.90. The predicted octanol–water partition coefficient (Wildman–Crippen LogP) is 3.64. The molecule has 0 spiro atoms. The second kappa shape index (κ2) is 8.54. The van der Waals surface area contributed by atoms with Gasteiger partial charge in [0.15, 0.2) is 9.84 Å². The Balaban J connectivity index is 2.44. The van der Waals surface area contributed by atoms with Gasteiger partial charge in [-0.05, 0) is 69.8 Å². The van der Waals surface area contributed by atoms with E-state index in [1.54, 1.807) is 12.1 Å². The molecule has 0 aliphatic rings. The minimum absolute atomic E-state index is 0.246. The lowest BCUT2D eigenvalue weighted by molar-refractivity contribution is 0.494. The summed E-state index contributed by atoms with van der Waals surface area (Å²) in [5.74, 6) is 0.246. The molecule has 0 saturated carbocycles. The summed E-state index contributed by atoms with van der Waals surface area (Å²) in [7, 11) is -3.13. The molecule has 0 amide bonds. The summed E-state index contributed by atoms with van der Waals surface area (Å²) in [5.41, 5.74) is 2.17. The third-order valence-electron chi connectivity index (χ3n) is 3.88. The molecule has 3 nitrogen and oxygen atoms in total. The van der Waals surface area contributed by atoms with Crippen LogP contribution in [0.1, 0.15) is 50.7 Å². The second-order valence-electron chi connectivity index (χ2n) is 5.92.